The summed E-state index contributed by atoms with van der Waals surface area (Å²) < 4.78 is 7.35. The molecule has 0 atom stereocenters. The highest BCUT2D eigenvalue weighted by Gasteiger charge is 2.22. The Bertz CT molecular complexity index is 1020. The summed E-state index contributed by atoms with van der Waals surface area (Å²) in [6.07, 6.45) is 3.28. The van der Waals surface area contributed by atoms with Gasteiger partial charge in [-0.1, -0.05) is 46.8 Å². The molecule has 7 heteroatoms. The van der Waals surface area contributed by atoms with Crippen LogP contribution in [-0.4, -0.2) is 32.3 Å². The third-order valence-corrected chi connectivity index (χ3v) is 4.72. The number of aryl methyl sites for hydroxylation is 1. The lowest BCUT2D eigenvalue weighted by Crippen LogP contribution is -2.22. The van der Waals surface area contributed by atoms with Crippen LogP contribution >= 0.6 is 0 Å². The minimum Gasteiger partial charge on any atom is -0.483 e. The Morgan fingerprint density at radius 2 is 1.87 bits per heavy atom. The molecule has 0 aliphatic rings. The van der Waals surface area contributed by atoms with Crippen molar-refractivity contribution in [2.45, 2.75) is 52.9 Å². The first-order chi connectivity index (χ1) is 14.1. The summed E-state index contributed by atoms with van der Waals surface area (Å²) in [4.78, 5) is 21.1. The topological polar surface area (TPSA) is 81.9 Å². The number of anilines is 1. The molecule has 0 spiro atoms. The van der Waals surface area contributed by atoms with Gasteiger partial charge in [0.2, 0.25) is 0 Å². The highest BCUT2D eigenvalue weighted by Crippen LogP contribution is 2.26. The summed E-state index contributed by atoms with van der Waals surface area (Å²) in [7, 11) is 0. The molecule has 0 saturated heterocycles. The molecule has 1 amide bonds. The van der Waals surface area contributed by atoms with Crippen molar-refractivity contribution >= 4 is 11.7 Å². The Morgan fingerprint density at radius 3 is 2.50 bits per heavy atom. The van der Waals surface area contributed by atoms with E-state index in [0.29, 0.717) is 23.4 Å². The van der Waals surface area contributed by atoms with Crippen LogP contribution in [0.2, 0.25) is 0 Å². The van der Waals surface area contributed by atoms with E-state index in [-0.39, 0.29) is 17.9 Å². The highest BCUT2D eigenvalue weighted by atomic mass is 16.5. The molecule has 3 rings (SSSR count). The van der Waals surface area contributed by atoms with Crippen molar-refractivity contribution in [3.05, 3.63) is 59.5 Å². The molecule has 0 fully saturated rings. The average molecular weight is 408 g/mol. The van der Waals surface area contributed by atoms with Crippen molar-refractivity contribution in [1.82, 2.24) is 19.7 Å². The van der Waals surface area contributed by atoms with E-state index in [9.17, 15) is 4.79 Å². The maximum atomic E-state index is 12.6. The van der Waals surface area contributed by atoms with E-state index in [2.05, 4.69) is 61.1 Å². The Balaban J connectivity index is 1.78. The molecule has 1 N–H and O–H groups in total. The average Bonchev–Trinajstić information content (AvgIpc) is 3.12. The SMILES string of the molecule is Cc1ccc(C(C)C)cc1OCC(=O)Nc1cc(C(C)(C)C)nn1-c1ncccn1. The maximum absolute atomic E-state index is 12.6. The van der Waals surface area contributed by atoms with E-state index in [0.717, 1.165) is 11.3 Å². The number of hydrogen-bond acceptors (Lipinski definition) is 5. The lowest BCUT2D eigenvalue weighted by atomic mass is 9.92. The second-order valence-corrected chi connectivity index (χ2v) is 8.64. The van der Waals surface area contributed by atoms with Crippen molar-refractivity contribution in [1.29, 1.82) is 0 Å². The monoisotopic (exact) mass is 407 g/mol. The molecule has 0 radical (unpaired) electrons. The van der Waals surface area contributed by atoms with E-state index in [1.807, 2.05) is 25.1 Å². The normalized spacial score (nSPS) is 11.6. The first-order valence-electron chi connectivity index (χ1n) is 10.1. The maximum Gasteiger partial charge on any atom is 0.263 e. The molecular weight excluding hydrogens is 378 g/mol. The molecule has 2 heterocycles. The molecule has 3 aromatic rings. The Hall–Kier alpha value is -3.22. The van der Waals surface area contributed by atoms with Crippen LogP contribution in [0.4, 0.5) is 5.82 Å². The van der Waals surface area contributed by atoms with Gasteiger partial charge in [-0.15, -0.1) is 0 Å². The second kappa shape index (κ2) is 8.65. The van der Waals surface area contributed by atoms with Gasteiger partial charge >= 0.3 is 0 Å². The summed E-state index contributed by atoms with van der Waals surface area (Å²) in [5.41, 5.74) is 2.80. The quantitative estimate of drug-likeness (QED) is 0.654. The Labute approximate surface area is 177 Å². The fourth-order valence-electron chi connectivity index (χ4n) is 2.84. The first-order valence-corrected chi connectivity index (χ1v) is 10.1. The minimum atomic E-state index is -0.276. The molecule has 0 unspecified atom stereocenters. The van der Waals surface area contributed by atoms with Crippen LogP contribution in [0.5, 0.6) is 5.75 Å². The number of carbonyl (C=O) groups is 1. The minimum absolute atomic E-state index is 0.103. The van der Waals surface area contributed by atoms with E-state index in [1.165, 1.54) is 5.56 Å². The van der Waals surface area contributed by atoms with Crippen LogP contribution in [-0.2, 0) is 10.2 Å². The van der Waals surface area contributed by atoms with Gasteiger partial charge in [0.1, 0.15) is 11.6 Å². The number of nitrogens with one attached hydrogen (secondary N) is 1. The van der Waals surface area contributed by atoms with Crippen molar-refractivity contribution in [2.24, 2.45) is 0 Å². The smallest absolute Gasteiger partial charge is 0.263 e. The molecule has 1 aromatic carbocycles. The van der Waals surface area contributed by atoms with Crippen LogP contribution in [0, 0.1) is 6.92 Å². The molecular formula is C23H29N5O2. The molecule has 0 aliphatic carbocycles. The Kier molecular flexibility index (Phi) is 6.20. The number of carbonyl (C=O) groups excluding carboxylic acids is 1. The molecule has 0 bridgehead atoms. The van der Waals surface area contributed by atoms with Gasteiger partial charge in [0, 0.05) is 23.9 Å². The number of ether oxygens (including phenoxy) is 1. The van der Waals surface area contributed by atoms with Crippen molar-refractivity contribution in [3.8, 4) is 11.7 Å². The standard InChI is InChI=1S/C23H29N5O2/c1-15(2)17-9-8-16(3)18(12-17)30-14-21(29)26-20-13-19(23(4,5)6)27-28(20)22-24-10-7-11-25-22/h7-13,15H,14H2,1-6H3,(H,26,29). The van der Waals surface area contributed by atoms with Crippen LogP contribution in [0.25, 0.3) is 5.95 Å². The van der Waals surface area contributed by atoms with Crippen molar-refractivity contribution in [2.75, 3.05) is 11.9 Å². The van der Waals surface area contributed by atoms with Gasteiger partial charge in [-0.2, -0.15) is 9.78 Å². The van der Waals surface area contributed by atoms with Gasteiger partial charge in [-0.05, 0) is 36.1 Å². The van der Waals surface area contributed by atoms with Gasteiger partial charge in [-0.3, -0.25) is 4.79 Å². The zero-order valence-corrected chi connectivity index (χ0v) is 18.4. The van der Waals surface area contributed by atoms with Gasteiger partial charge in [0.05, 0.1) is 5.69 Å². The largest absolute Gasteiger partial charge is 0.483 e. The lowest BCUT2D eigenvalue weighted by molar-refractivity contribution is -0.118. The number of aromatic nitrogens is 4. The molecule has 0 saturated carbocycles. The highest BCUT2D eigenvalue weighted by molar-refractivity contribution is 5.91. The molecule has 158 valence electrons. The van der Waals surface area contributed by atoms with Gasteiger partial charge in [0.15, 0.2) is 6.61 Å². The lowest BCUT2D eigenvalue weighted by Gasteiger charge is -2.13. The summed E-state index contributed by atoms with van der Waals surface area (Å²) in [5, 5.41) is 7.49. The third kappa shape index (κ3) is 5.03. The number of nitrogens with zero attached hydrogens (tertiary/aromatic N) is 4. The van der Waals surface area contributed by atoms with E-state index in [4.69, 9.17) is 4.74 Å². The number of rotatable bonds is 6. The van der Waals surface area contributed by atoms with E-state index >= 15 is 0 Å². The van der Waals surface area contributed by atoms with Gasteiger partial charge in [0.25, 0.3) is 11.9 Å². The number of hydrogen-bond donors (Lipinski definition) is 1. The van der Waals surface area contributed by atoms with Crippen molar-refractivity contribution in [3.63, 3.8) is 0 Å². The summed E-state index contributed by atoms with van der Waals surface area (Å²) in [6, 6.07) is 9.67. The van der Waals surface area contributed by atoms with Crippen LogP contribution in [0.15, 0.2) is 42.7 Å². The van der Waals surface area contributed by atoms with Gasteiger partial charge < -0.3 is 10.1 Å². The molecule has 2 aromatic heterocycles. The molecule has 7 nitrogen and oxygen atoms in total. The molecule has 0 aliphatic heterocycles. The zero-order chi connectivity index (χ0) is 21.9. The third-order valence-electron chi connectivity index (χ3n) is 4.72. The predicted octanol–water partition coefficient (Wildman–Crippen LogP) is 4.41. The fourth-order valence-corrected chi connectivity index (χ4v) is 2.84. The first kappa shape index (κ1) is 21.5. The number of amides is 1. The van der Waals surface area contributed by atoms with Crippen LogP contribution in [0.1, 0.15) is 57.4 Å². The second-order valence-electron chi connectivity index (χ2n) is 8.64. The number of benzene rings is 1. The molecule has 30 heavy (non-hydrogen) atoms. The van der Waals surface area contributed by atoms with Crippen molar-refractivity contribution < 1.29 is 9.53 Å². The summed E-state index contributed by atoms with van der Waals surface area (Å²) in [6.45, 7) is 12.3. The fraction of sp³-hybridized carbons (Fsp3) is 0.391. The van der Waals surface area contributed by atoms with E-state index < -0.39 is 0 Å². The predicted molar refractivity (Wildman–Crippen MR) is 117 cm³/mol. The summed E-state index contributed by atoms with van der Waals surface area (Å²) in [5.74, 6) is 1.73. The van der Waals surface area contributed by atoms with Crippen LogP contribution < -0.4 is 10.1 Å². The Morgan fingerprint density at radius 1 is 1.17 bits per heavy atom. The van der Waals surface area contributed by atoms with Crippen LogP contribution in [0.3, 0.4) is 0 Å². The van der Waals surface area contributed by atoms with Gasteiger partial charge in [-0.25, -0.2) is 9.97 Å². The zero-order valence-electron chi connectivity index (χ0n) is 18.4. The summed E-state index contributed by atoms with van der Waals surface area (Å²) >= 11 is 0. The van der Waals surface area contributed by atoms with E-state index in [1.54, 1.807) is 23.1 Å².